The fraction of sp³-hybridized carbons (Fsp3) is 0.750. The Bertz CT molecular complexity index is 720. The van der Waals surface area contributed by atoms with E-state index in [9.17, 15) is 9.59 Å². The quantitative estimate of drug-likeness (QED) is 0.624. The van der Waals surface area contributed by atoms with Crippen LogP contribution in [-0.2, 0) is 20.8 Å². The first-order valence-electron chi connectivity index (χ1n) is 10.6. The highest BCUT2D eigenvalue weighted by molar-refractivity contribution is 7.15. The summed E-state index contributed by atoms with van der Waals surface area (Å²) in [6.07, 6.45) is 7.01. The van der Waals surface area contributed by atoms with Crippen LogP contribution in [0.25, 0.3) is 0 Å². The smallest absolute Gasteiger partial charge is 0.290 e. The molecule has 2 amide bonds. The standard InChI is InChI=1S/C19H31N5O2S.CH2O2/c1-4-15-21-22-18(27-15)24-12-14(11-16(24)25)17(26)20-13-19(23(3)5-2)9-7-6-8-10-19;2-1-3/h14H,4-13H2,1-3H3,(H,20,26);1H,(H,2,3). The summed E-state index contributed by atoms with van der Waals surface area (Å²) >= 11 is 1.43. The molecule has 2 aliphatic rings. The zero-order valence-electron chi connectivity index (χ0n) is 18.1. The molecule has 1 atom stereocenters. The van der Waals surface area contributed by atoms with Gasteiger partial charge < -0.3 is 10.4 Å². The van der Waals surface area contributed by atoms with E-state index >= 15 is 0 Å². The number of likely N-dealkylation sites (N-methyl/N-ethyl adjacent to an activating group) is 1. The number of hydrogen-bond acceptors (Lipinski definition) is 7. The number of hydrogen-bond donors (Lipinski definition) is 2. The Morgan fingerprint density at radius 1 is 1.33 bits per heavy atom. The van der Waals surface area contributed by atoms with Crippen LogP contribution in [-0.4, -0.2) is 70.7 Å². The Morgan fingerprint density at radius 3 is 2.57 bits per heavy atom. The van der Waals surface area contributed by atoms with Gasteiger partial charge in [-0.1, -0.05) is 44.4 Å². The summed E-state index contributed by atoms with van der Waals surface area (Å²) in [5.74, 6) is -0.355. The summed E-state index contributed by atoms with van der Waals surface area (Å²) in [5, 5.41) is 19.8. The van der Waals surface area contributed by atoms with Gasteiger partial charge in [0.2, 0.25) is 16.9 Å². The molecule has 0 bridgehead atoms. The largest absolute Gasteiger partial charge is 0.483 e. The molecule has 9 nitrogen and oxygen atoms in total. The maximum atomic E-state index is 12.8. The van der Waals surface area contributed by atoms with Gasteiger partial charge in [0.1, 0.15) is 5.01 Å². The summed E-state index contributed by atoms with van der Waals surface area (Å²) in [6, 6.07) is 0. The first-order valence-corrected chi connectivity index (χ1v) is 11.4. The van der Waals surface area contributed by atoms with E-state index in [0.29, 0.717) is 18.2 Å². The van der Waals surface area contributed by atoms with Crippen molar-refractivity contribution in [2.75, 3.05) is 31.6 Å². The summed E-state index contributed by atoms with van der Waals surface area (Å²) in [7, 11) is 2.15. The molecule has 1 aromatic rings. The predicted molar refractivity (Wildman–Crippen MR) is 116 cm³/mol. The van der Waals surface area contributed by atoms with Crippen LogP contribution in [0, 0.1) is 5.92 Å². The van der Waals surface area contributed by atoms with Crippen LogP contribution in [0.3, 0.4) is 0 Å². The van der Waals surface area contributed by atoms with Gasteiger partial charge in [-0.25, -0.2) is 0 Å². The van der Waals surface area contributed by atoms with Crippen molar-refractivity contribution in [2.45, 2.75) is 64.3 Å². The minimum absolute atomic E-state index is 0.0134. The second-order valence-electron chi connectivity index (χ2n) is 7.86. The van der Waals surface area contributed by atoms with E-state index in [1.165, 1.54) is 30.6 Å². The minimum atomic E-state index is -0.306. The average molecular weight is 440 g/mol. The van der Waals surface area contributed by atoms with E-state index in [1.54, 1.807) is 4.90 Å². The highest BCUT2D eigenvalue weighted by Gasteiger charge is 2.39. The van der Waals surface area contributed by atoms with E-state index in [1.807, 2.05) is 6.92 Å². The third-order valence-corrected chi connectivity index (χ3v) is 7.24. The Hall–Kier alpha value is -2.07. The van der Waals surface area contributed by atoms with Crippen LogP contribution in [0.15, 0.2) is 0 Å². The van der Waals surface area contributed by atoms with Gasteiger partial charge in [-0.3, -0.25) is 24.2 Å². The molecule has 30 heavy (non-hydrogen) atoms. The molecule has 2 N–H and O–H groups in total. The van der Waals surface area contributed by atoms with E-state index in [4.69, 9.17) is 9.90 Å². The lowest BCUT2D eigenvalue weighted by Crippen LogP contribution is -2.55. The number of carbonyl (C=O) groups is 3. The van der Waals surface area contributed by atoms with E-state index in [2.05, 4.69) is 34.4 Å². The van der Waals surface area contributed by atoms with Crippen molar-refractivity contribution in [1.82, 2.24) is 20.4 Å². The van der Waals surface area contributed by atoms with Crippen LogP contribution >= 0.6 is 11.3 Å². The van der Waals surface area contributed by atoms with Crippen molar-refractivity contribution in [1.29, 1.82) is 0 Å². The number of amides is 2. The zero-order valence-corrected chi connectivity index (χ0v) is 18.9. The Labute approximate surface area is 181 Å². The van der Waals surface area contributed by atoms with Gasteiger partial charge >= 0.3 is 0 Å². The van der Waals surface area contributed by atoms with Gasteiger partial charge in [0.15, 0.2) is 0 Å². The summed E-state index contributed by atoms with van der Waals surface area (Å²) in [6.45, 7) is 5.97. The third kappa shape index (κ3) is 5.75. The predicted octanol–water partition coefficient (Wildman–Crippen LogP) is 1.92. The second-order valence-corrected chi connectivity index (χ2v) is 8.90. The highest BCUT2D eigenvalue weighted by atomic mass is 32.1. The first kappa shape index (κ1) is 24.2. The monoisotopic (exact) mass is 439 g/mol. The number of carbonyl (C=O) groups excluding carboxylic acids is 2. The number of anilines is 1. The lowest BCUT2D eigenvalue weighted by molar-refractivity contribution is -0.127. The average Bonchev–Trinajstić information content (AvgIpc) is 3.39. The van der Waals surface area contributed by atoms with Crippen molar-refractivity contribution in [3.8, 4) is 0 Å². The molecule has 2 heterocycles. The van der Waals surface area contributed by atoms with Crippen LogP contribution in [0.4, 0.5) is 5.13 Å². The molecular formula is C20H33N5O4S. The van der Waals surface area contributed by atoms with Gasteiger partial charge in [0.05, 0.1) is 5.92 Å². The fourth-order valence-corrected chi connectivity index (χ4v) is 5.00. The molecule has 1 aliphatic heterocycles. The molecule has 168 valence electrons. The van der Waals surface area contributed by atoms with Crippen LogP contribution < -0.4 is 10.2 Å². The van der Waals surface area contributed by atoms with Gasteiger partial charge in [-0.05, 0) is 32.9 Å². The number of aromatic nitrogens is 2. The first-order chi connectivity index (χ1) is 14.4. The molecule has 10 heteroatoms. The molecular weight excluding hydrogens is 406 g/mol. The SMILES string of the molecule is CCc1nnc(N2CC(C(=O)NCC3(N(C)CC)CCCCC3)CC2=O)s1.O=CO. The number of carboxylic acid groups (broad SMARTS) is 1. The van der Waals surface area contributed by atoms with Crippen molar-refractivity contribution < 1.29 is 19.5 Å². The van der Waals surface area contributed by atoms with Crippen molar-refractivity contribution in [3.63, 3.8) is 0 Å². The van der Waals surface area contributed by atoms with Gasteiger partial charge in [0, 0.05) is 25.0 Å². The van der Waals surface area contributed by atoms with Gasteiger partial charge in [0.25, 0.3) is 6.47 Å². The minimum Gasteiger partial charge on any atom is -0.483 e. The Balaban J connectivity index is 0.00000101. The van der Waals surface area contributed by atoms with E-state index < -0.39 is 0 Å². The third-order valence-electron chi connectivity index (χ3n) is 6.15. The fourth-order valence-electron chi connectivity index (χ4n) is 4.20. The van der Waals surface area contributed by atoms with E-state index in [0.717, 1.165) is 30.8 Å². The molecule has 0 aromatic carbocycles. The van der Waals surface area contributed by atoms with E-state index in [-0.39, 0.29) is 36.2 Å². The maximum Gasteiger partial charge on any atom is 0.290 e. The van der Waals surface area contributed by atoms with Crippen molar-refractivity contribution in [2.24, 2.45) is 5.92 Å². The molecule has 1 saturated heterocycles. The lowest BCUT2D eigenvalue weighted by Gasteiger charge is -2.44. The second kappa shape index (κ2) is 11.4. The molecule has 1 aromatic heterocycles. The number of rotatable bonds is 7. The molecule has 0 spiro atoms. The number of aryl methyl sites for hydroxylation is 1. The zero-order chi connectivity index (χ0) is 22.1. The Kier molecular flexibility index (Phi) is 9.16. The molecule has 1 saturated carbocycles. The normalized spacial score (nSPS) is 20.6. The summed E-state index contributed by atoms with van der Waals surface area (Å²) in [4.78, 5) is 37.5. The lowest BCUT2D eigenvalue weighted by atomic mass is 9.80. The summed E-state index contributed by atoms with van der Waals surface area (Å²) < 4.78 is 0. The molecule has 3 rings (SSSR count). The topological polar surface area (TPSA) is 116 Å². The summed E-state index contributed by atoms with van der Waals surface area (Å²) in [5.41, 5.74) is 0.0558. The maximum absolute atomic E-state index is 12.8. The highest BCUT2D eigenvalue weighted by Crippen LogP contribution is 2.33. The molecule has 2 fully saturated rings. The van der Waals surface area contributed by atoms with Crippen molar-refractivity contribution in [3.05, 3.63) is 5.01 Å². The van der Waals surface area contributed by atoms with Gasteiger partial charge in [-0.2, -0.15) is 0 Å². The Morgan fingerprint density at radius 2 is 2.00 bits per heavy atom. The molecule has 1 unspecified atom stereocenters. The van der Waals surface area contributed by atoms with Crippen LogP contribution in [0.2, 0.25) is 0 Å². The molecule has 0 radical (unpaired) electrons. The van der Waals surface area contributed by atoms with Gasteiger partial charge in [-0.15, -0.1) is 10.2 Å². The number of nitrogens with zero attached hydrogens (tertiary/aromatic N) is 4. The van der Waals surface area contributed by atoms with Crippen molar-refractivity contribution >= 4 is 34.8 Å². The number of nitrogens with one attached hydrogen (secondary N) is 1. The van der Waals surface area contributed by atoms with Crippen LogP contribution in [0.5, 0.6) is 0 Å². The van der Waals surface area contributed by atoms with Crippen LogP contribution in [0.1, 0.15) is 57.4 Å². The molecule has 1 aliphatic carbocycles.